The van der Waals surface area contributed by atoms with Crippen molar-refractivity contribution in [2.24, 2.45) is 5.92 Å². The van der Waals surface area contributed by atoms with E-state index in [9.17, 15) is 0 Å². The van der Waals surface area contributed by atoms with Crippen molar-refractivity contribution in [2.75, 3.05) is 19.8 Å². The Morgan fingerprint density at radius 2 is 1.95 bits per heavy atom. The molecule has 1 saturated heterocycles. The van der Waals surface area contributed by atoms with E-state index in [0.29, 0.717) is 11.8 Å². The fraction of sp³-hybridized carbons (Fsp3) is 0.500. The van der Waals surface area contributed by atoms with Crippen LogP contribution in [0.1, 0.15) is 44.6 Å². The number of fused-ring (bicyclic) bond motifs is 1. The molecular formula is C20H26O2. The fourth-order valence-corrected chi connectivity index (χ4v) is 3.00. The average molecular weight is 298 g/mol. The zero-order valence-corrected chi connectivity index (χ0v) is 13.7. The smallest absolute Gasteiger partial charge is 0.119 e. The Morgan fingerprint density at radius 1 is 1.14 bits per heavy atom. The quantitative estimate of drug-likeness (QED) is 0.759. The van der Waals surface area contributed by atoms with Gasteiger partial charge in [-0.05, 0) is 53.6 Å². The molecule has 2 heteroatoms. The van der Waals surface area contributed by atoms with E-state index in [1.54, 1.807) is 0 Å². The first-order valence-electron chi connectivity index (χ1n) is 8.46. The molecule has 2 aromatic carbocycles. The Bertz CT molecular complexity index is 612. The van der Waals surface area contributed by atoms with Gasteiger partial charge >= 0.3 is 0 Å². The van der Waals surface area contributed by atoms with Gasteiger partial charge in [-0.3, -0.25) is 0 Å². The van der Waals surface area contributed by atoms with E-state index in [1.165, 1.54) is 29.2 Å². The molecule has 0 amide bonds. The standard InChI is InChI=1S/C20H26O2/c1-15(2)9-11-22-20-8-7-16-12-17(5-6-18(16)13-20)19-4-3-10-21-14-19/h5-8,12-13,15,19H,3-4,9-11,14H2,1-2H3. The van der Waals surface area contributed by atoms with Gasteiger partial charge in [0.1, 0.15) is 5.75 Å². The van der Waals surface area contributed by atoms with E-state index in [2.05, 4.69) is 50.2 Å². The summed E-state index contributed by atoms with van der Waals surface area (Å²) in [4.78, 5) is 0. The van der Waals surface area contributed by atoms with Gasteiger partial charge in [0.25, 0.3) is 0 Å². The van der Waals surface area contributed by atoms with Gasteiger partial charge in [0.05, 0.1) is 13.2 Å². The molecule has 2 nitrogen and oxygen atoms in total. The highest BCUT2D eigenvalue weighted by Gasteiger charge is 2.16. The van der Waals surface area contributed by atoms with Crippen LogP contribution in [0.15, 0.2) is 36.4 Å². The zero-order chi connectivity index (χ0) is 15.4. The lowest BCUT2D eigenvalue weighted by Gasteiger charge is -2.22. The van der Waals surface area contributed by atoms with Crippen molar-refractivity contribution in [3.05, 3.63) is 42.0 Å². The summed E-state index contributed by atoms with van der Waals surface area (Å²) in [6.07, 6.45) is 3.51. The van der Waals surface area contributed by atoms with E-state index in [1.807, 2.05) is 0 Å². The maximum absolute atomic E-state index is 5.85. The third-order valence-electron chi connectivity index (χ3n) is 4.43. The molecule has 22 heavy (non-hydrogen) atoms. The van der Waals surface area contributed by atoms with Crippen molar-refractivity contribution in [3.63, 3.8) is 0 Å². The van der Waals surface area contributed by atoms with Crippen LogP contribution in [0.5, 0.6) is 5.75 Å². The minimum Gasteiger partial charge on any atom is -0.494 e. The third-order valence-corrected chi connectivity index (χ3v) is 4.43. The van der Waals surface area contributed by atoms with E-state index < -0.39 is 0 Å². The molecule has 1 aliphatic rings. The normalized spacial score (nSPS) is 18.8. The minimum absolute atomic E-state index is 0.556. The minimum atomic E-state index is 0.556. The van der Waals surface area contributed by atoms with E-state index in [0.717, 1.165) is 32.0 Å². The van der Waals surface area contributed by atoms with Crippen LogP contribution in [0.4, 0.5) is 0 Å². The van der Waals surface area contributed by atoms with Gasteiger partial charge < -0.3 is 9.47 Å². The van der Waals surface area contributed by atoms with Crippen molar-refractivity contribution in [2.45, 2.75) is 39.0 Å². The Balaban J connectivity index is 1.73. The van der Waals surface area contributed by atoms with Crippen LogP contribution in [-0.4, -0.2) is 19.8 Å². The highest BCUT2D eigenvalue weighted by molar-refractivity contribution is 5.84. The monoisotopic (exact) mass is 298 g/mol. The molecule has 3 rings (SSSR count). The number of hydrogen-bond donors (Lipinski definition) is 0. The highest BCUT2D eigenvalue weighted by atomic mass is 16.5. The summed E-state index contributed by atoms with van der Waals surface area (Å²) in [5, 5.41) is 2.54. The number of hydrogen-bond acceptors (Lipinski definition) is 2. The average Bonchev–Trinajstić information content (AvgIpc) is 2.55. The Labute approximate surface area is 133 Å². The topological polar surface area (TPSA) is 18.5 Å². The van der Waals surface area contributed by atoms with Crippen molar-refractivity contribution in [1.82, 2.24) is 0 Å². The van der Waals surface area contributed by atoms with Crippen LogP contribution in [-0.2, 0) is 4.74 Å². The fourth-order valence-electron chi connectivity index (χ4n) is 3.00. The molecule has 1 heterocycles. The molecule has 0 aliphatic carbocycles. The summed E-state index contributed by atoms with van der Waals surface area (Å²) in [7, 11) is 0. The largest absolute Gasteiger partial charge is 0.494 e. The summed E-state index contributed by atoms with van der Waals surface area (Å²) in [6.45, 7) is 7.02. The lowest BCUT2D eigenvalue weighted by Crippen LogP contribution is -2.15. The first-order valence-corrected chi connectivity index (χ1v) is 8.46. The van der Waals surface area contributed by atoms with Gasteiger partial charge in [-0.25, -0.2) is 0 Å². The number of benzene rings is 2. The molecule has 0 saturated carbocycles. The Kier molecular flexibility index (Phi) is 4.99. The molecule has 0 radical (unpaired) electrons. The second kappa shape index (κ2) is 7.15. The molecule has 1 aliphatic heterocycles. The lowest BCUT2D eigenvalue weighted by atomic mass is 9.92. The maximum atomic E-state index is 5.85. The van der Waals surface area contributed by atoms with Crippen LogP contribution < -0.4 is 4.74 Å². The first-order chi connectivity index (χ1) is 10.7. The van der Waals surface area contributed by atoms with E-state index >= 15 is 0 Å². The summed E-state index contributed by atoms with van der Waals surface area (Å²) in [5.74, 6) is 2.21. The number of rotatable bonds is 5. The van der Waals surface area contributed by atoms with Crippen LogP contribution >= 0.6 is 0 Å². The summed E-state index contributed by atoms with van der Waals surface area (Å²) in [6, 6.07) is 13.2. The van der Waals surface area contributed by atoms with Gasteiger partial charge in [0.2, 0.25) is 0 Å². The molecule has 118 valence electrons. The van der Waals surface area contributed by atoms with Crippen LogP contribution in [0.2, 0.25) is 0 Å². The molecule has 0 bridgehead atoms. The molecule has 0 spiro atoms. The molecule has 0 N–H and O–H groups in total. The summed E-state index contributed by atoms with van der Waals surface area (Å²) < 4.78 is 11.5. The van der Waals surface area contributed by atoms with Crippen molar-refractivity contribution in [3.8, 4) is 5.75 Å². The van der Waals surface area contributed by atoms with E-state index in [-0.39, 0.29) is 0 Å². The molecular weight excluding hydrogens is 272 g/mol. The Hall–Kier alpha value is -1.54. The van der Waals surface area contributed by atoms with Crippen LogP contribution in [0, 0.1) is 5.92 Å². The van der Waals surface area contributed by atoms with Crippen LogP contribution in [0.25, 0.3) is 10.8 Å². The van der Waals surface area contributed by atoms with Gasteiger partial charge in [0, 0.05) is 12.5 Å². The predicted molar refractivity (Wildman–Crippen MR) is 91.7 cm³/mol. The van der Waals surface area contributed by atoms with Crippen molar-refractivity contribution >= 4 is 10.8 Å². The number of ether oxygens (including phenoxy) is 2. The Morgan fingerprint density at radius 3 is 2.73 bits per heavy atom. The van der Waals surface area contributed by atoms with Gasteiger partial charge in [0.15, 0.2) is 0 Å². The highest BCUT2D eigenvalue weighted by Crippen LogP contribution is 2.29. The first kappa shape index (κ1) is 15.4. The lowest BCUT2D eigenvalue weighted by molar-refractivity contribution is 0.0805. The van der Waals surface area contributed by atoms with Crippen molar-refractivity contribution < 1.29 is 9.47 Å². The summed E-state index contributed by atoms with van der Waals surface area (Å²) >= 11 is 0. The molecule has 0 aromatic heterocycles. The van der Waals surface area contributed by atoms with Gasteiger partial charge in [-0.2, -0.15) is 0 Å². The van der Waals surface area contributed by atoms with Gasteiger partial charge in [-0.15, -0.1) is 0 Å². The second-order valence-corrected chi connectivity index (χ2v) is 6.71. The van der Waals surface area contributed by atoms with Gasteiger partial charge in [-0.1, -0.05) is 38.1 Å². The SMILES string of the molecule is CC(C)CCOc1ccc2cc(C3CCCOC3)ccc2c1. The van der Waals surface area contributed by atoms with Crippen LogP contribution in [0.3, 0.4) is 0 Å². The third kappa shape index (κ3) is 3.80. The molecule has 1 atom stereocenters. The second-order valence-electron chi connectivity index (χ2n) is 6.71. The maximum Gasteiger partial charge on any atom is 0.119 e. The van der Waals surface area contributed by atoms with E-state index in [4.69, 9.17) is 9.47 Å². The summed E-state index contributed by atoms with van der Waals surface area (Å²) in [5.41, 5.74) is 1.40. The van der Waals surface area contributed by atoms with Crippen molar-refractivity contribution in [1.29, 1.82) is 0 Å². The molecule has 2 aromatic rings. The molecule has 1 fully saturated rings. The zero-order valence-electron chi connectivity index (χ0n) is 13.7. The predicted octanol–water partition coefficient (Wildman–Crippen LogP) is 5.16. The molecule has 1 unspecified atom stereocenters.